The number of rotatable bonds is 7. The maximum atomic E-state index is 5.23. The molecule has 0 amide bonds. The van der Waals surface area contributed by atoms with Crippen molar-refractivity contribution in [3.05, 3.63) is 18.2 Å². The minimum absolute atomic E-state index is 0.385. The van der Waals surface area contributed by atoms with Gasteiger partial charge in [0.05, 0.1) is 18.6 Å². The molecule has 0 bridgehead atoms. The summed E-state index contributed by atoms with van der Waals surface area (Å²) in [7, 11) is 1.75. The van der Waals surface area contributed by atoms with E-state index in [4.69, 9.17) is 4.74 Å². The summed E-state index contributed by atoms with van der Waals surface area (Å²) >= 11 is 0. The molecule has 0 spiro atoms. The molecule has 0 aliphatic rings. The van der Waals surface area contributed by atoms with Gasteiger partial charge in [0.2, 0.25) is 0 Å². The van der Waals surface area contributed by atoms with E-state index in [9.17, 15) is 0 Å². The first-order valence-corrected chi connectivity index (χ1v) is 6.29. The summed E-state index contributed by atoms with van der Waals surface area (Å²) in [6.07, 6.45) is 3.82. The van der Waals surface area contributed by atoms with E-state index in [1.165, 1.54) is 5.69 Å². The highest BCUT2D eigenvalue weighted by atomic mass is 16.5. The molecule has 17 heavy (non-hydrogen) atoms. The lowest BCUT2D eigenvalue weighted by Crippen LogP contribution is -2.37. The Bertz CT molecular complexity index is 320. The Kier molecular flexibility index (Phi) is 5.65. The Balaban J connectivity index is 2.56. The van der Waals surface area contributed by atoms with E-state index in [2.05, 4.69) is 42.6 Å². The Labute approximate surface area is 104 Å². The highest BCUT2D eigenvalue weighted by Gasteiger charge is 2.13. The van der Waals surface area contributed by atoms with E-state index in [-0.39, 0.29) is 0 Å². The number of methoxy groups -OCH3 is 1. The van der Waals surface area contributed by atoms with Gasteiger partial charge in [-0.25, -0.2) is 4.98 Å². The Morgan fingerprint density at radius 2 is 2.06 bits per heavy atom. The predicted molar refractivity (Wildman–Crippen MR) is 70.0 cm³/mol. The molecule has 1 aromatic rings. The van der Waals surface area contributed by atoms with Gasteiger partial charge in [-0.15, -0.1) is 0 Å². The zero-order valence-corrected chi connectivity index (χ0v) is 11.6. The minimum atomic E-state index is 0.385. The maximum Gasteiger partial charge on any atom is 0.0951 e. The van der Waals surface area contributed by atoms with Crippen LogP contribution in [0.4, 0.5) is 0 Å². The fourth-order valence-corrected chi connectivity index (χ4v) is 1.84. The number of hydrogen-bond donors (Lipinski definition) is 1. The number of ether oxygens (including phenoxy) is 1. The van der Waals surface area contributed by atoms with Crippen molar-refractivity contribution >= 4 is 0 Å². The standard InChI is InChI=1S/C13H25N3O/c1-10(2)13(8-17-5)15-7-12-6-14-9-16(12)11(3)4/h6,9-11,13,15H,7-8H2,1-5H3. The van der Waals surface area contributed by atoms with Gasteiger partial charge in [0, 0.05) is 31.9 Å². The van der Waals surface area contributed by atoms with E-state index in [0.29, 0.717) is 18.0 Å². The van der Waals surface area contributed by atoms with Crippen molar-refractivity contribution in [2.24, 2.45) is 5.92 Å². The van der Waals surface area contributed by atoms with Crippen LogP contribution in [-0.2, 0) is 11.3 Å². The van der Waals surface area contributed by atoms with Gasteiger partial charge >= 0.3 is 0 Å². The summed E-state index contributed by atoms with van der Waals surface area (Å²) in [6, 6.07) is 0.838. The monoisotopic (exact) mass is 239 g/mol. The van der Waals surface area contributed by atoms with Crippen LogP contribution in [0.25, 0.3) is 0 Å². The fraction of sp³-hybridized carbons (Fsp3) is 0.769. The van der Waals surface area contributed by atoms with Crippen LogP contribution in [0, 0.1) is 5.92 Å². The molecule has 1 rings (SSSR count). The third-order valence-electron chi connectivity index (χ3n) is 3.00. The van der Waals surface area contributed by atoms with Gasteiger partial charge < -0.3 is 14.6 Å². The van der Waals surface area contributed by atoms with E-state index >= 15 is 0 Å². The molecule has 0 aliphatic heterocycles. The Morgan fingerprint density at radius 3 is 2.59 bits per heavy atom. The number of hydrogen-bond acceptors (Lipinski definition) is 3. The summed E-state index contributed by atoms with van der Waals surface area (Å²) in [5.41, 5.74) is 1.22. The third kappa shape index (κ3) is 4.13. The second-order valence-corrected chi connectivity index (χ2v) is 5.07. The molecule has 0 radical (unpaired) electrons. The van der Waals surface area contributed by atoms with Crippen LogP contribution in [0.1, 0.15) is 39.4 Å². The molecular weight excluding hydrogens is 214 g/mol. The van der Waals surface area contributed by atoms with Crippen LogP contribution in [0.15, 0.2) is 12.5 Å². The lowest BCUT2D eigenvalue weighted by Gasteiger charge is -2.22. The van der Waals surface area contributed by atoms with Crippen molar-refractivity contribution in [3.63, 3.8) is 0 Å². The highest BCUT2D eigenvalue weighted by Crippen LogP contribution is 2.10. The van der Waals surface area contributed by atoms with Crippen LogP contribution in [0.3, 0.4) is 0 Å². The minimum Gasteiger partial charge on any atom is -0.383 e. The highest BCUT2D eigenvalue weighted by molar-refractivity contribution is 4.99. The van der Waals surface area contributed by atoms with E-state index < -0.39 is 0 Å². The second kappa shape index (κ2) is 6.77. The van der Waals surface area contributed by atoms with Crippen molar-refractivity contribution < 1.29 is 4.74 Å². The molecule has 0 saturated carbocycles. The summed E-state index contributed by atoms with van der Waals surface area (Å²) in [5, 5.41) is 3.53. The van der Waals surface area contributed by atoms with Crippen molar-refractivity contribution in [3.8, 4) is 0 Å². The first-order chi connectivity index (χ1) is 8.06. The van der Waals surface area contributed by atoms with E-state index in [1.54, 1.807) is 7.11 Å². The van der Waals surface area contributed by atoms with Gasteiger partial charge in [0.25, 0.3) is 0 Å². The number of nitrogens with zero attached hydrogens (tertiary/aromatic N) is 2. The SMILES string of the molecule is COCC(NCc1cncn1C(C)C)C(C)C. The van der Waals surface area contributed by atoms with Crippen LogP contribution in [-0.4, -0.2) is 29.3 Å². The molecule has 0 fully saturated rings. The summed E-state index contributed by atoms with van der Waals surface area (Å²) < 4.78 is 7.42. The molecule has 4 nitrogen and oxygen atoms in total. The lowest BCUT2D eigenvalue weighted by atomic mass is 10.1. The Morgan fingerprint density at radius 1 is 1.35 bits per heavy atom. The zero-order valence-electron chi connectivity index (χ0n) is 11.6. The molecule has 0 aliphatic carbocycles. The molecule has 1 N–H and O–H groups in total. The van der Waals surface area contributed by atoms with Gasteiger partial charge in [-0.3, -0.25) is 0 Å². The van der Waals surface area contributed by atoms with Crippen LogP contribution in [0.5, 0.6) is 0 Å². The van der Waals surface area contributed by atoms with Gasteiger partial charge in [-0.05, 0) is 19.8 Å². The van der Waals surface area contributed by atoms with Gasteiger partial charge in [0.15, 0.2) is 0 Å². The molecule has 1 atom stereocenters. The van der Waals surface area contributed by atoms with Crippen LogP contribution >= 0.6 is 0 Å². The van der Waals surface area contributed by atoms with E-state index in [1.807, 2.05) is 12.5 Å². The summed E-state index contributed by atoms with van der Waals surface area (Å²) in [6.45, 7) is 10.3. The summed E-state index contributed by atoms with van der Waals surface area (Å²) in [4.78, 5) is 4.20. The maximum absolute atomic E-state index is 5.23. The molecular formula is C13H25N3O. The molecule has 1 heterocycles. The normalized spacial score (nSPS) is 13.6. The predicted octanol–water partition coefficient (Wildman–Crippen LogP) is 2.22. The molecule has 4 heteroatoms. The van der Waals surface area contributed by atoms with Gasteiger partial charge in [0.1, 0.15) is 0 Å². The summed E-state index contributed by atoms with van der Waals surface area (Å²) in [5.74, 6) is 0.561. The number of aromatic nitrogens is 2. The molecule has 0 saturated heterocycles. The van der Waals surface area contributed by atoms with Crippen molar-refractivity contribution in [2.45, 2.75) is 46.3 Å². The average Bonchev–Trinajstić information content (AvgIpc) is 2.71. The smallest absolute Gasteiger partial charge is 0.0951 e. The molecule has 0 aromatic carbocycles. The molecule has 1 unspecified atom stereocenters. The zero-order chi connectivity index (χ0) is 12.8. The average molecular weight is 239 g/mol. The fourth-order valence-electron chi connectivity index (χ4n) is 1.84. The first-order valence-electron chi connectivity index (χ1n) is 6.29. The lowest BCUT2D eigenvalue weighted by molar-refractivity contribution is 0.146. The van der Waals surface area contributed by atoms with Crippen LogP contribution in [0.2, 0.25) is 0 Å². The third-order valence-corrected chi connectivity index (χ3v) is 3.00. The Hall–Kier alpha value is -0.870. The second-order valence-electron chi connectivity index (χ2n) is 5.07. The molecule has 98 valence electrons. The van der Waals surface area contributed by atoms with Crippen molar-refractivity contribution in [1.29, 1.82) is 0 Å². The van der Waals surface area contributed by atoms with Crippen molar-refractivity contribution in [1.82, 2.24) is 14.9 Å². The molecule has 1 aromatic heterocycles. The quantitative estimate of drug-likeness (QED) is 0.793. The largest absolute Gasteiger partial charge is 0.383 e. The number of nitrogens with one attached hydrogen (secondary N) is 1. The number of imidazole rings is 1. The van der Waals surface area contributed by atoms with Crippen molar-refractivity contribution in [2.75, 3.05) is 13.7 Å². The first kappa shape index (κ1) is 14.2. The van der Waals surface area contributed by atoms with Gasteiger partial charge in [-0.1, -0.05) is 13.8 Å². The topological polar surface area (TPSA) is 39.1 Å². The van der Waals surface area contributed by atoms with Gasteiger partial charge in [-0.2, -0.15) is 0 Å². The van der Waals surface area contributed by atoms with E-state index in [0.717, 1.165) is 13.2 Å². The van der Waals surface area contributed by atoms with Crippen LogP contribution < -0.4 is 5.32 Å².